The molecule has 0 aliphatic rings. The third kappa shape index (κ3) is 9.18. The second kappa shape index (κ2) is 16.0. The molecule has 0 saturated heterocycles. The lowest BCUT2D eigenvalue weighted by Gasteiger charge is -2.22. The molecular weight excluding hydrogens is 695 g/mol. The lowest BCUT2D eigenvalue weighted by atomic mass is 9.92. The summed E-state index contributed by atoms with van der Waals surface area (Å²) < 4.78 is 44.1. The van der Waals surface area contributed by atoms with E-state index in [4.69, 9.17) is 19.4 Å². The topological polar surface area (TPSA) is 170 Å². The summed E-state index contributed by atoms with van der Waals surface area (Å²) in [5.74, 6) is -1.24. The van der Waals surface area contributed by atoms with E-state index in [1.165, 1.54) is 18.2 Å². The summed E-state index contributed by atoms with van der Waals surface area (Å²) in [6.45, 7) is 17.1. The smallest absolute Gasteiger partial charge is 0.335 e. The van der Waals surface area contributed by atoms with Gasteiger partial charge in [-0.05, 0) is 69.5 Å². The fourth-order valence-corrected chi connectivity index (χ4v) is 7.13. The highest BCUT2D eigenvalue weighted by Crippen LogP contribution is 2.35. The molecule has 2 aromatic carbocycles. The molecular formula is C39H49N7O6S. The summed E-state index contributed by atoms with van der Waals surface area (Å²) in [7, 11) is -2.28. The first-order valence-corrected chi connectivity index (χ1v) is 19.1. The molecule has 5 rings (SSSR count). The van der Waals surface area contributed by atoms with Crippen LogP contribution in [0.1, 0.15) is 80.0 Å². The number of benzene rings is 2. The van der Waals surface area contributed by atoms with Gasteiger partial charge in [0.25, 0.3) is 10.0 Å². The standard InChI is InChI=1S/C39H49N7O6S/c1-10-30-34(33-24(4)13-11-14-25(33)5)43-38(45-53(49,50)29-16-12-15-26(17-29)37(47)48)44-36(30)52-22-28(21-51-23(2)3)40-19-27-20-41-31-18-32(39(6,7)8)46(9)35(31)42-27/h11-18,20,23,28,40H,10,19,21-22H2,1-9H3,(H,47,48)(H,43,44,45). The molecule has 1 atom stereocenters. The first-order valence-electron chi connectivity index (χ1n) is 17.6. The number of nitrogens with zero attached hydrogens (tertiary/aromatic N) is 5. The Morgan fingerprint density at radius 3 is 2.34 bits per heavy atom. The summed E-state index contributed by atoms with van der Waals surface area (Å²) in [5, 5.41) is 13.0. The number of fused-ring (bicyclic) bond motifs is 1. The summed E-state index contributed by atoms with van der Waals surface area (Å²) in [5.41, 5.74) is 7.28. The highest BCUT2D eigenvalue weighted by Gasteiger charge is 2.25. The minimum atomic E-state index is -4.28. The number of carbonyl (C=O) groups is 1. The molecule has 0 spiro atoms. The Labute approximate surface area is 311 Å². The van der Waals surface area contributed by atoms with Gasteiger partial charge in [0, 0.05) is 35.8 Å². The summed E-state index contributed by atoms with van der Waals surface area (Å²) in [6, 6.07) is 12.7. The van der Waals surface area contributed by atoms with Crippen molar-refractivity contribution >= 4 is 33.1 Å². The molecule has 53 heavy (non-hydrogen) atoms. The van der Waals surface area contributed by atoms with Crippen LogP contribution in [0.3, 0.4) is 0 Å². The van der Waals surface area contributed by atoms with E-state index >= 15 is 0 Å². The lowest BCUT2D eigenvalue weighted by Crippen LogP contribution is -2.39. The maximum absolute atomic E-state index is 13.5. The largest absolute Gasteiger partial charge is 0.478 e. The van der Waals surface area contributed by atoms with E-state index < -0.39 is 16.0 Å². The molecule has 0 fully saturated rings. The molecule has 1 unspecified atom stereocenters. The van der Waals surface area contributed by atoms with E-state index in [2.05, 4.69) is 51.4 Å². The van der Waals surface area contributed by atoms with Crippen molar-refractivity contribution in [2.75, 3.05) is 17.9 Å². The van der Waals surface area contributed by atoms with Gasteiger partial charge in [-0.25, -0.2) is 27.9 Å². The molecule has 5 aromatic rings. The highest BCUT2D eigenvalue weighted by molar-refractivity contribution is 7.92. The van der Waals surface area contributed by atoms with Gasteiger partial charge in [-0.3, -0.25) is 4.98 Å². The zero-order valence-corrected chi connectivity index (χ0v) is 32.6. The molecule has 282 valence electrons. The molecule has 3 heterocycles. The lowest BCUT2D eigenvalue weighted by molar-refractivity contribution is 0.0490. The molecule has 0 aliphatic heterocycles. The molecule has 0 saturated carbocycles. The van der Waals surface area contributed by atoms with Crippen LogP contribution in [0, 0.1) is 13.8 Å². The maximum Gasteiger partial charge on any atom is 0.335 e. The van der Waals surface area contributed by atoms with Crippen molar-refractivity contribution in [2.45, 2.75) is 90.8 Å². The Hall–Kier alpha value is -4.92. The van der Waals surface area contributed by atoms with Crippen molar-refractivity contribution in [1.29, 1.82) is 0 Å². The monoisotopic (exact) mass is 743 g/mol. The third-order valence-corrected chi connectivity index (χ3v) is 10.2. The van der Waals surface area contributed by atoms with Crippen LogP contribution in [0.4, 0.5) is 5.95 Å². The van der Waals surface area contributed by atoms with Crippen LogP contribution < -0.4 is 14.8 Å². The first-order chi connectivity index (χ1) is 25.0. The molecule has 0 bridgehead atoms. The normalized spacial score (nSPS) is 12.7. The van der Waals surface area contributed by atoms with Crippen LogP contribution in [-0.2, 0) is 40.2 Å². The van der Waals surface area contributed by atoms with Crippen molar-refractivity contribution in [2.24, 2.45) is 7.05 Å². The number of hydrogen-bond acceptors (Lipinski definition) is 10. The van der Waals surface area contributed by atoms with E-state index in [0.29, 0.717) is 30.8 Å². The molecule has 13 nitrogen and oxygen atoms in total. The molecule has 3 N–H and O–H groups in total. The second-order valence-electron chi connectivity index (χ2n) is 14.4. The zero-order chi connectivity index (χ0) is 38.7. The summed E-state index contributed by atoms with van der Waals surface area (Å²) >= 11 is 0. The van der Waals surface area contributed by atoms with Crippen LogP contribution in [0.2, 0.25) is 0 Å². The van der Waals surface area contributed by atoms with E-state index in [0.717, 1.165) is 45.3 Å². The number of anilines is 1. The second-order valence-corrected chi connectivity index (χ2v) is 16.1. The number of sulfonamides is 1. The number of carboxylic acid groups (broad SMARTS) is 1. The Kier molecular flexibility index (Phi) is 11.9. The molecule has 0 radical (unpaired) electrons. The Bertz CT molecular complexity index is 2210. The van der Waals surface area contributed by atoms with Crippen LogP contribution in [0.25, 0.3) is 22.4 Å². The Morgan fingerprint density at radius 1 is 1.00 bits per heavy atom. The van der Waals surface area contributed by atoms with Gasteiger partial charge in [-0.1, -0.05) is 52.0 Å². The fraction of sp³-hybridized carbons (Fsp3) is 0.410. The van der Waals surface area contributed by atoms with Gasteiger partial charge < -0.3 is 24.5 Å². The van der Waals surface area contributed by atoms with Crippen LogP contribution in [0.5, 0.6) is 5.88 Å². The van der Waals surface area contributed by atoms with Crippen molar-refractivity contribution in [3.05, 3.63) is 88.4 Å². The minimum absolute atomic E-state index is 0.0313. The van der Waals surface area contributed by atoms with Gasteiger partial charge in [0.15, 0.2) is 5.65 Å². The maximum atomic E-state index is 13.5. The predicted octanol–water partition coefficient (Wildman–Crippen LogP) is 6.36. The number of carboxylic acids is 1. The van der Waals surface area contributed by atoms with E-state index in [9.17, 15) is 18.3 Å². The van der Waals surface area contributed by atoms with Crippen molar-refractivity contribution in [3.8, 4) is 17.1 Å². The first kappa shape index (κ1) is 39.3. The van der Waals surface area contributed by atoms with Gasteiger partial charge in [0.2, 0.25) is 11.8 Å². The van der Waals surface area contributed by atoms with E-state index in [-0.39, 0.29) is 46.5 Å². The van der Waals surface area contributed by atoms with E-state index in [1.54, 1.807) is 6.20 Å². The quantitative estimate of drug-likeness (QED) is 0.109. The number of hydrogen-bond donors (Lipinski definition) is 3. The Balaban J connectivity index is 1.48. The summed E-state index contributed by atoms with van der Waals surface area (Å²) in [4.78, 5) is 30.2. The zero-order valence-electron chi connectivity index (χ0n) is 31.8. The van der Waals surface area contributed by atoms with Gasteiger partial charge in [0.05, 0.1) is 46.8 Å². The van der Waals surface area contributed by atoms with E-state index in [1.807, 2.05) is 59.9 Å². The summed E-state index contributed by atoms with van der Waals surface area (Å²) in [6.07, 6.45) is 2.23. The number of nitrogens with one attached hydrogen (secondary N) is 2. The van der Waals surface area contributed by atoms with Crippen molar-refractivity contribution < 1.29 is 27.8 Å². The predicted molar refractivity (Wildman–Crippen MR) is 205 cm³/mol. The van der Waals surface area contributed by atoms with Gasteiger partial charge in [-0.15, -0.1) is 0 Å². The average Bonchev–Trinajstić information content (AvgIpc) is 3.43. The van der Waals surface area contributed by atoms with Gasteiger partial charge in [-0.2, -0.15) is 4.98 Å². The number of aromatic nitrogens is 5. The fourth-order valence-electron chi connectivity index (χ4n) is 6.14. The minimum Gasteiger partial charge on any atom is -0.478 e. The third-order valence-electron chi connectivity index (χ3n) is 8.83. The average molecular weight is 744 g/mol. The highest BCUT2D eigenvalue weighted by atomic mass is 32.2. The van der Waals surface area contributed by atoms with Crippen molar-refractivity contribution in [3.63, 3.8) is 0 Å². The molecule has 3 aromatic heterocycles. The van der Waals surface area contributed by atoms with Crippen LogP contribution >= 0.6 is 0 Å². The SMILES string of the molecule is CCc1c(OCC(COC(C)C)NCc2cnc3cc(C(C)(C)C)n(C)c3n2)nc(NS(=O)(=O)c2cccc(C(=O)O)c2)nc1-c1c(C)cccc1C. The number of aryl methyl sites for hydroxylation is 3. The molecule has 0 aliphatic carbocycles. The molecule has 0 amide bonds. The van der Waals surface area contributed by atoms with Crippen LogP contribution in [-0.4, -0.2) is 69.4 Å². The molecule has 14 heteroatoms. The van der Waals surface area contributed by atoms with Crippen LogP contribution in [0.15, 0.2) is 59.6 Å². The van der Waals surface area contributed by atoms with Gasteiger partial charge in [0.1, 0.15) is 12.1 Å². The number of rotatable bonds is 15. The van der Waals surface area contributed by atoms with Gasteiger partial charge >= 0.3 is 5.97 Å². The van der Waals surface area contributed by atoms with Crippen molar-refractivity contribution in [1.82, 2.24) is 29.8 Å². The number of aromatic carboxylic acids is 1. The Morgan fingerprint density at radius 2 is 1.70 bits per heavy atom. The number of ether oxygens (including phenoxy) is 2.